The molecule has 0 bridgehead atoms. The number of nitrogens with one attached hydrogen (secondary N) is 3. The number of fused-ring (bicyclic) bond motifs is 2. The first-order valence-corrected chi connectivity index (χ1v) is 14.7. The standard InChI is InChI=1S/C18H23ClN2O2.C13H15ClN2.ClH/c1-18(2,3)23-17(22)21-8-6-12(7-9-21)15-11-20-16-5-4-13(19)10-14(15)16;14-10-1-2-13-11(7-10)12(8-16-13)9-3-5-15-6-4-9;/h4-5,10-12,20H,6-9H2,1-3H3;1-2,7-9,15-16H,3-6H2;1H. The summed E-state index contributed by atoms with van der Waals surface area (Å²) in [7, 11) is 0. The number of nitrogens with zero attached hydrogens (tertiary/aromatic N) is 1. The van der Waals surface area contributed by atoms with Crippen molar-refractivity contribution in [2.24, 2.45) is 0 Å². The summed E-state index contributed by atoms with van der Waals surface area (Å²) < 4.78 is 5.45. The predicted octanol–water partition coefficient (Wildman–Crippen LogP) is 8.65. The van der Waals surface area contributed by atoms with Crippen LogP contribution < -0.4 is 5.32 Å². The number of halogens is 3. The highest BCUT2D eigenvalue weighted by Crippen LogP contribution is 2.35. The summed E-state index contributed by atoms with van der Waals surface area (Å²) in [5.41, 5.74) is 4.59. The molecule has 0 spiro atoms. The first-order chi connectivity index (χ1) is 18.7. The van der Waals surface area contributed by atoms with Gasteiger partial charge < -0.3 is 24.9 Å². The van der Waals surface area contributed by atoms with Crippen LogP contribution in [0.15, 0.2) is 48.8 Å². The molecule has 4 heterocycles. The number of carbonyl (C=O) groups excluding carboxylic acids is 1. The summed E-state index contributed by atoms with van der Waals surface area (Å²) >= 11 is 12.2. The highest BCUT2D eigenvalue weighted by atomic mass is 35.5. The van der Waals surface area contributed by atoms with E-state index in [0.717, 1.165) is 54.6 Å². The minimum absolute atomic E-state index is 0. The third-order valence-corrected chi connectivity index (χ3v) is 8.19. The number of carbonyl (C=O) groups is 1. The molecule has 40 heavy (non-hydrogen) atoms. The van der Waals surface area contributed by atoms with Crippen molar-refractivity contribution < 1.29 is 9.53 Å². The summed E-state index contributed by atoms with van der Waals surface area (Å²) in [5, 5.41) is 7.45. The van der Waals surface area contributed by atoms with Crippen LogP contribution in [0.4, 0.5) is 4.79 Å². The predicted molar refractivity (Wildman–Crippen MR) is 168 cm³/mol. The molecule has 0 aliphatic carbocycles. The van der Waals surface area contributed by atoms with Crippen LogP contribution >= 0.6 is 35.6 Å². The molecule has 0 atom stereocenters. The van der Waals surface area contributed by atoms with E-state index in [4.69, 9.17) is 27.9 Å². The van der Waals surface area contributed by atoms with E-state index in [1.807, 2.05) is 49.9 Å². The van der Waals surface area contributed by atoms with E-state index in [9.17, 15) is 4.79 Å². The van der Waals surface area contributed by atoms with Crippen molar-refractivity contribution in [2.75, 3.05) is 26.2 Å². The first-order valence-electron chi connectivity index (χ1n) is 13.9. The molecule has 3 N–H and O–H groups in total. The van der Waals surface area contributed by atoms with Gasteiger partial charge in [-0.1, -0.05) is 23.2 Å². The van der Waals surface area contributed by atoms with Crippen LogP contribution in [0.5, 0.6) is 0 Å². The van der Waals surface area contributed by atoms with Crippen molar-refractivity contribution in [2.45, 2.75) is 63.9 Å². The molecule has 2 aromatic carbocycles. The molecule has 0 unspecified atom stereocenters. The molecule has 6 rings (SSSR count). The number of H-pyrrole nitrogens is 2. The van der Waals surface area contributed by atoms with E-state index in [1.165, 1.54) is 40.3 Å². The maximum Gasteiger partial charge on any atom is 0.410 e. The Labute approximate surface area is 252 Å². The highest BCUT2D eigenvalue weighted by Gasteiger charge is 2.28. The van der Waals surface area contributed by atoms with E-state index in [1.54, 1.807) is 0 Å². The van der Waals surface area contributed by atoms with E-state index in [2.05, 4.69) is 39.8 Å². The van der Waals surface area contributed by atoms with Gasteiger partial charge in [0.1, 0.15) is 5.60 Å². The molecule has 2 saturated heterocycles. The number of aromatic nitrogens is 2. The zero-order chi connectivity index (χ0) is 27.6. The second kappa shape index (κ2) is 13.1. The molecule has 6 nitrogen and oxygen atoms in total. The molecule has 2 aliphatic rings. The number of rotatable bonds is 2. The lowest BCUT2D eigenvalue weighted by Crippen LogP contribution is -2.41. The zero-order valence-corrected chi connectivity index (χ0v) is 25.7. The van der Waals surface area contributed by atoms with Crippen LogP contribution in [0.25, 0.3) is 21.8 Å². The van der Waals surface area contributed by atoms with Crippen LogP contribution in [-0.4, -0.2) is 52.7 Å². The van der Waals surface area contributed by atoms with Gasteiger partial charge in [0, 0.05) is 57.3 Å². The lowest BCUT2D eigenvalue weighted by Gasteiger charge is -2.33. The van der Waals surface area contributed by atoms with Gasteiger partial charge in [0.25, 0.3) is 0 Å². The maximum absolute atomic E-state index is 12.1. The van der Waals surface area contributed by atoms with Gasteiger partial charge in [0.05, 0.1) is 0 Å². The Balaban J connectivity index is 0.000000191. The van der Waals surface area contributed by atoms with Crippen molar-refractivity contribution >= 4 is 63.5 Å². The third-order valence-electron chi connectivity index (χ3n) is 7.72. The Kier molecular flexibility index (Phi) is 9.99. The van der Waals surface area contributed by atoms with E-state index < -0.39 is 5.60 Å². The van der Waals surface area contributed by atoms with Gasteiger partial charge in [-0.3, -0.25) is 0 Å². The Morgan fingerprint density at radius 2 is 1.30 bits per heavy atom. The fraction of sp³-hybridized carbons (Fsp3) is 0.452. The van der Waals surface area contributed by atoms with Crippen LogP contribution in [0.3, 0.4) is 0 Å². The van der Waals surface area contributed by atoms with Crippen LogP contribution in [-0.2, 0) is 4.74 Å². The van der Waals surface area contributed by atoms with Gasteiger partial charge in [-0.05, 0) is 119 Å². The van der Waals surface area contributed by atoms with Gasteiger partial charge in [-0.2, -0.15) is 0 Å². The quantitative estimate of drug-likeness (QED) is 0.214. The number of hydrogen-bond acceptors (Lipinski definition) is 3. The Morgan fingerprint density at radius 3 is 1.77 bits per heavy atom. The number of hydrogen-bond donors (Lipinski definition) is 3. The highest BCUT2D eigenvalue weighted by molar-refractivity contribution is 6.31. The smallest absolute Gasteiger partial charge is 0.410 e. The fourth-order valence-electron chi connectivity index (χ4n) is 5.74. The number of piperidine rings is 2. The van der Waals surface area contributed by atoms with Gasteiger partial charge in [0.15, 0.2) is 0 Å². The maximum atomic E-state index is 12.1. The molecule has 0 saturated carbocycles. The molecule has 216 valence electrons. The normalized spacial score (nSPS) is 16.9. The van der Waals surface area contributed by atoms with Crippen molar-refractivity contribution in [3.63, 3.8) is 0 Å². The number of aromatic amines is 2. The summed E-state index contributed by atoms with van der Waals surface area (Å²) in [6.07, 6.45) is 8.35. The third kappa shape index (κ3) is 7.27. The average Bonchev–Trinajstić information content (AvgIpc) is 3.52. The number of amides is 1. The molecule has 2 aliphatic heterocycles. The largest absolute Gasteiger partial charge is 0.444 e. The Bertz CT molecular complexity index is 1430. The topological polar surface area (TPSA) is 73.1 Å². The summed E-state index contributed by atoms with van der Waals surface area (Å²) in [5.74, 6) is 1.12. The summed E-state index contributed by atoms with van der Waals surface area (Å²) in [4.78, 5) is 20.6. The molecule has 2 fully saturated rings. The van der Waals surface area contributed by atoms with Gasteiger partial charge >= 0.3 is 6.09 Å². The molecular weight excluding hydrogens is 567 g/mol. The summed E-state index contributed by atoms with van der Waals surface area (Å²) in [6, 6.07) is 12.0. The van der Waals surface area contributed by atoms with Crippen molar-refractivity contribution in [1.29, 1.82) is 0 Å². The molecule has 4 aromatic rings. The first kappa shape index (κ1) is 30.6. The fourth-order valence-corrected chi connectivity index (χ4v) is 6.08. The number of ether oxygens (including phenoxy) is 1. The number of benzene rings is 2. The minimum atomic E-state index is -0.443. The SMILES string of the molecule is CC(C)(C)OC(=O)N1CCC(c2c[nH]c3ccc(Cl)cc23)CC1.Cl.Clc1ccc2[nH]cc(C3CCNCC3)c2c1. The van der Waals surface area contributed by atoms with Crippen LogP contribution in [0, 0.1) is 0 Å². The lowest BCUT2D eigenvalue weighted by atomic mass is 9.89. The monoisotopic (exact) mass is 604 g/mol. The Hall–Kier alpha value is -2.38. The second-order valence-electron chi connectivity index (χ2n) is 11.6. The molecule has 9 heteroatoms. The van der Waals surface area contributed by atoms with Gasteiger partial charge in [-0.25, -0.2) is 4.79 Å². The Morgan fingerprint density at radius 1 is 0.825 bits per heavy atom. The molecule has 2 aromatic heterocycles. The molecular formula is C31H39Cl3N4O2. The molecule has 0 radical (unpaired) electrons. The molecule has 1 amide bonds. The van der Waals surface area contributed by atoms with Crippen LogP contribution in [0.2, 0.25) is 10.0 Å². The van der Waals surface area contributed by atoms with E-state index in [-0.39, 0.29) is 18.5 Å². The van der Waals surface area contributed by atoms with E-state index >= 15 is 0 Å². The lowest BCUT2D eigenvalue weighted by molar-refractivity contribution is 0.0205. The second-order valence-corrected chi connectivity index (χ2v) is 12.5. The summed E-state index contributed by atoms with van der Waals surface area (Å²) in [6.45, 7) is 9.39. The average molecular weight is 606 g/mol. The van der Waals surface area contributed by atoms with Crippen LogP contribution in [0.1, 0.15) is 69.4 Å². The van der Waals surface area contributed by atoms with Crippen molar-refractivity contribution in [3.05, 3.63) is 70.0 Å². The van der Waals surface area contributed by atoms with Crippen molar-refractivity contribution in [1.82, 2.24) is 20.2 Å². The number of likely N-dealkylation sites (tertiary alicyclic amines) is 1. The van der Waals surface area contributed by atoms with E-state index in [0.29, 0.717) is 11.8 Å². The van der Waals surface area contributed by atoms with Gasteiger partial charge in [-0.15, -0.1) is 12.4 Å². The minimum Gasteiger partial charge on any atom is -0.444 e. The van der Waals surface area contributed by atoms with Gasteiger partial charge in [0.2, 0.25) is 0 Å². The zero-order valence-electron chi connectivity index (χ0n) is 23.4. The van der Waals surface area contributed by atoms with Crippen molar-refractivity contribution in [3.8, 4) is 0 Å².